The number of aryl methyl sites for hydroxylation is 1. The molecule has 2 rings (SSSR count). The van der Waals surface area contributed by atoms with Crippen LogP contribution in [0.15, 0.2) is 36.8 Å². The summed E-state index contributed by atoms with van der Waals surface area (Å²) in [7, 11) is 1.82. The Labute approximate surface area is 93.2 Å². The van der Waals surface area contributed by atoms with Crippen molar-refractivity contribution in [2.75, 3.05) is 0 Å². The highest BCUT2D eigenvalue weighted by Gasteiger charge is 2.12. The molecule has 16 heavy (non-hydrogen) atoms. The van der Waals surface area contributed by atoms with Gasteiger partial charge in [-0.05, 0) is 17.7 Å². The van der Waals surface area contributed by atoms with Gasteiger partial charge in [0.25, 0.3) is 0 Å². The third-order valence-electron chi connectivity index (χ3n) is 2.51. The maximum Gasteiger partial charge on any atom is 0.123 e. The fourth-order valence-corrected chi connectivity index (χ4v) is 1.68. The molecule has 0 radical (unpaired) electrons. The molecule has 0 saturated heterocycles. The number of imidazole rings is 1. The number of aliphatic hydroxyl groups is 1. The summed E-state index contributed by atoms with van der Waals surface area (Å²) < 4.78 is 14.7. The van der Waals surface area contributed by atoms with Gasteiger partial charge < -0.3 is 9.67 Å². The van der Waals surface area contributed by atoms with Gasteiger partial charge in [-0.15, -0.1) is 0 Å². The van der Waals surface area contributed by atoms with Crippen LogP contribution in [0, 0.1) is 5.82 Å². The molecule has 0 aliphatic rings. The van der Waals surface area contributed by atoms with Crippen LogP contribution in [0.1, 0.15) is 17.4 Å². The number of aromatic nitrogens is 2. The highest BCUT2D eigenvalue weighted by atomic mass is 19.1. The number of nitrogens with zero attached hydrogens (tertiary/aromatic N) is 2. The van der Waals surface area contributed by atoms with E-state index in [0.29, 0.717) is 6.42 Å². The van der Waals surface area contributed by atoms with Gasteiger partial charge >= 0.3 is 0 Å². The predicted octanol–water partition coefficient (Wildman–Crippen LogP) is 1.84. The molecule has 1 atom stereocenters. The lowest BCUT2D eigenvalue weighted by molar-refractivity contribution is 0.170. The minimum absolute atomic E-state index is 0.283. The van der Waals surface area contributed by atoms with Crippen molar-refractivity contribution in [3.63, 3.8) is 0 Å². The Balaban J connectivity index is 2.14. The molecule has 0 bridgehead atoms. The van der Waals surface area contributed by atoms with Crippen molar-refractivity contribution >= 4 is 0 Å². The number of rotatable bonds is 3. The van der Waals surface area contributed by atoms with Crippen LogP contribution in [0.25, 0.3) is 0 Å². The quantitative estimate of drug-likeness (QED) is 0.857. The molecule has 0 aliphatic heterocycles. The van der Waals surface area contributed by atoms with Crippen LogP contribution < -0.4 is 0 Å². The second-order valence-electron chi connectivity index (χ2n) is 3.78. The molecule has 1 N–H and O–H groups in total. The molecular formula is C12H13FN2O. The van der Waals surface area contributed by atoms with E-state index in [1.807, 2.05) is 7.05 Å². The first-order chi connectivity index (χ1) is 7.66. The number of hydrogen-bond donors (Lipinski definition) is 1. The second kappa shape index (κ2) is 4.45. The van der Waals surface area contributed by atoms with E-state index in [9.17, 15) is 9.50 Å². The lowest BCUT2D eigenvalue weighted by Gasteiger charge is -2.11. The summed E-state index contributed by atoms with van der Waals surface area (Å²) in [4.78, 5) is 3.93. The first-order valence-electron chi connectivity index (χ1n) is 5.05. The standard InChI is InChI=1S/C12H13FN2O/c1-15-8-14-7-11(15)12(16)6-9-3-2-4-10(13)5-9/h2-5,7-8,12,16H,6H2,1H3. The SMILES string of the molecule is Cn1cncc1C(O)Cc1cccc(F)c1. The Hall–Kier alpha value is -1.68. The zero-order valence-electron chi connectivity index (χ0n) is 8.97. The Morgan fingerprint density at radius 2 is 2.31 bits per heavy atom. The summed E-state index contributed by atoms with van der Waals surface area (Å²) in [5, 5.41) is 9.95. The van der Waals surface area contributed by atoms with Gasteiger partial charge in [0.05, 0.1) is 24.3 Å². The van der Waals surface area contributed by atoms with Gasteiger partial charge in [-0.3, -0.25) is 0 Å². The first-order valence-corrected chi connectivity index (χ1v) is 5.05. The van der Waals surface area contributed by atoms with Gasteiger partial charge in [-0.2, -0.15) is 0 Å². The monoisotopic (exact) mass is 220 g/mol. The largest absolute Gasteiger partial charge is 0.386 e. The van der Waals surface area contributed by atoms with E-state index in [1.165, 1.54) is 12.1 Å². The van der Waals surface area contributed by atoms with Crippen LogP contribution in [0.4, 0.5) is 4.39 Å². The maximum absolute atomic E-state index is 12.9. The summed E-state index contributed by atoms with van der Waals surface area (Å²) in [6.45, 7) is 0. The molecule has 0 aliphatic carbocycles. The highest BCUT2D eigenvalue weighted by molar-refractivity contribution is 5.19. The van der Waals surface area contributed by atoms with Gasteiger partial charge in [0.15, 0.2) is 0 Å². The van der Waals surface area contributed by atoms with Crippen LogP contribution in [0.2, 0.25) is 0 Å². The maximum atomic E-state index is 12.9. The molecule has 3 nitrogen and oxygen atoms in total. The molecule has 1 aromatic carbocycles. The van der Waals surface area contributed by atoms with Crippen molar-refractivity contribution in [3.05, 3.63) is 53.9 Å². The smallest absolute Gasteiger partial charge is 0.123 e. The molecule has 1 aromatic heterocycles. The van der Waals surface area contributed by atoms with E-state index < -0.39 is 6.10 Å². The number of benzene rings is 1. The van der Waals surface area contributed by atoms with Crippen LogP contribution >= 0.6 is 0 Å². The van der Waals surface area contributed by atoms with E-state index in [0.717, 1.165) is 11.3 Å². The molecule has 2 aromatic rings. The van der Waals surface area contributed by atoms with Crippen LogP contribution in [0.3, 0.4) is 0 Å². The van der Waals surface area contributed by atoms with Crippen LogP contribution in [-0.2, 0) is 13.5 Å². The molecule has 1 unspecified atom stereocenters. The van der Waals surface area contributed by atoms with E-state index >= 15 is 0 Å². The number of halogens is 1. The van der Waals surface area contributed by atoms with E-state index in [-0.39, 0.29) is 5.82 Å². The van der Waals surface area contributed by atoms with Crippen molar-refractivity contribution in [3.8, 4) is 0 Å². The molecule has 0 spiro atoms. The third kappa shape index (κ3) is 2.28. The molecule has 0 saturated carbocycles. The highest BCUT2D eigenvalue weighted by Crippen LogP contribution is 2.17. The van der Waals surface area contributed by atoms with Gasteiger partial charge in [-0.1, -0.05) is 12.1 Å². The molecule has 0 amide bonds. The molecule has 0 fully saturated rings. The lowest BCUT2D eigenvalue weighted by atomic mass is 10.1. The number of hydrogen-bond acceptors (Lipinski definition) is 2. The first kappa shape index (κ1) is 10.8. The Kier molecular flexibility index (Phi) is 3.01. The molecule has 84 valence electrons. The zero-order valence-corrected chi connectivity index (χ0v) is 8.97. The lowest BCUT2D eigenvalue weighted by Crippen LogP contribution is -2.06. The van der Waals surface area contributed by atoms with Crippen molar-refractivity contribution in [1.29, 1.82) is 0 Å². The van der Waals surface area contributed by atoms with Crippen molar-refractivity contribution < 1.29 is 9.50 Å². The summed E-state index contributed by atoms with van der Waals surface area (Å²) in [5.41, 5.74) is 1.50. The van der Waals surface area contributed by atoms with Gasteiger partial charge in [0.2, 0.25) is 0 Å². The summed E-state index contributed by atoms with van der Waals surface area (Å²) >= 11 is 0. The van der Waals surface area contributed by atoms with Crippen molar-refractivity contribution in [2.45, 2.75) is 12.5 Å². The topological polar surface area (TPSA) is 38.0 Å². The molecular weight excluding hydrogens is 207 g/mol. The predicted molar refractivity (Wildman–Crippen MR) is 58.3 cm³/mol. The Morgan fingerprint density at radius 3 is 2.94 bits per heavy atom. The number of aliphatic hydroxyl groups excluding tert-OH is 1. The molecule has 4 heteroatoms. The van der Waals surface area contributed by atoms with Gasteiger partial charge in [-0.25, -0.2) is 9.37 Å². The van der Waals surface area contributed by atoms with Gasteiger partial charge in [0.1, 0.15) is 5.82 Å². The fraction of sp³-hybridized carbons (Fsp3) is 0.250. The summed E-state index contributed by atoms with van der Waals surface area (Å²) in [5.74, 6) is -0.283. The minimum atomic E-state index is -0.658. The zero-order chi connectivity index (χ0) is 11.5. The van der Waals surface area contributed by atoms with Crippen LogP contribution in [-0.4, -0.2) is 14.7 Å². The van der Waals surface area contributed by atoms with E-state index in [1.54, 1.807) is 29.2 Å². The summed E-state index contributed by atoms with van der Waals surface area (Å²) in [6, 6.07) is 6.25. The average molecular weight is 220 g/mol. The fourth-order valence-electron chi connectivity index (χ4n) is 1.68. The van der Waals surface area contributed by atoms with E-state index in [4.69, 9.17) is 0 Å². The Bertz CT molecular complexity index is 481. The third-order valence-corrected chi connectivity index (χ3v) is 2.51. The molecule has 1 heterocycles. The Morgan fingerprint density at radius 1 is 1.50 bits per heavy atom. The summed E-state index contributed by atoms with van der Waals surface area (Å²) in [6.07, 6.45) is 2.97. The second-order valence-corrected chi connectivity index (χ2v) is 3.78. The van der Waals surface area contributed by atoms with Gasteiger partial charge in [0, 0.05) is 13.5 Å². The minimum Gasteiger partial charge on any atom is -0.386 e. The average Bonchev–Trinajstić information content (AvgIpc) is 2.64. The van der Waals surface area contributed by atoms with Crippen molar-refractivity contribution in [1.82, 2.24) is 9.55 Å². The van der Waals surface area contributed by atoms with Crippen molar-refractivity contribution in [2.24, 2.45) is 7.05 Å². The van der Waals surface area contributed by atoms with E-state index in [2.05, 4.69) is 4.98 Å². The van der Waals surface area contributed by atoms with Crippen LogP contribution in [0.5, 0.6) is 0 Å². The normalized spacial score (nSPS) is 12.7.